The molecular formula is C15H19N3O. The average molecular weight is 257 g/mol. The summed E-state index contributed by atoms with van der Waals surface area (Å²) in [5.41, 5.74) is 1.64. The van der Waals surface area contributed by atoms with Crippen molar-refractivity contribution in [1.29, 1.82) is 0 Å². The van der Waals surface area contributed by atoms with Crippen molar-refractivity contribution in [2.75, 3.05) is 11.9 Å². The number of carbonyl (C=O) groups excluding carboxylic acids is 1. The summed E-state index contributed by atoms with van der Waals surface area (Å²) in [4.78, 5) is 16.1. The largest absolute Gasteiger partial charge is 0.376 e. The molecule has 2 N–H and O–H groups in total. The quantitative estimate of drug-likeness (QED) is 0.888. The lowest BCUT2D eigenvalue weighted by atomic mass is 10.1. The van der Waals surface area contributed by atoms with Gasteiger partial charge in [0.1, 0.15) is 0 Å². The van der Waals surface area contributed by atoms with Crippen LogP contribution in [0.25, 0.3) is 10.9 Å². The molecule has 4 nitrogen and oxygen atoms in total. The minimum Gasteiger partial charge on any atom is -0.376 e. The number of rotatable bonds is 3. The van der Waals surface area contributed by atoms with E-state index in [0.717, 1.165) is 16.6 Å². The average Bonchev–Trinajstić information content (AvgIpc) is 2.34. The second-order valence-electron chi connectivity index (χ2n) is 5.53. The van der Waals surface area contributed by atoms with E-state index >= 15 is 0 Å². The highest BCUT2D eigenvalue weighted by Crippen LogP contribution is 2.20. The van der Waals surface area contributed by atoms with Crippen molar-refractivity contribution < 1.29 is 4.79 Å². The minimum atomic E-state index is -0.209. The molecule has 1 amide bonds. The normalized spacial score (nSPS) is 11.3. The first kappa shape index (κ1) is 13.3. The Balaban J connectivity index is 2.08. The summed E-state index contributed by atoms with van der Waals surface area (Å²) in [6.45, 7) is 6.15. The molecule has 2 aromatic rings. The lowest BCUT2D eigenvalue weighted by molar-refractivity contribution is -0.120. The van der Waals surface area contributed by atoms with Crippen LogP contribution in [0, 0.1) is 0 Å². The van der Waals surface area contributed by atoms with Gasteiger partial charge >= 0.3 is 0 Å². The second-order valence-corrected chi connectivity index (χ2v) is 5.53. The molecule has 0 unspecified atom stereocenters. The molecule has 100 valence electrons. The van der Waals surface area contributed by atoms with Crippen molar-refractivity contribution >= 4 is 22.5 Å². The third-order valence-corrected chi connectivity index (χ3v) is 2.60. The minimum absolute atomic E-state index is 0.0200. The number of hydrogen-bond donors (Lipinski definition) is 2. The van der Waals surface area contributed by atoms with Crippen LogP contribution in [0.2, 0.25) is 0 Å². The molecule has 4 heteroatoms. The smallest absolute Gasteiger partial charge is 0.239 e. The number of anilines is 1. The Kier molecular flexibility index (Phi) is 3.69. The summed E-state index contributed by atoms with van der Waals surface area (Å²) in [5, 5.41) is 7.10. The zero-order valence-corrected chi connectivity index (χ0v) is 11.5. The number of pyridine rings is 1. The predicted molar refractivity (Wildman–Crippen MR) is 78.1 cm³/mol. The number of carbonyl (C=O) groups is 1. The second kappa shape index (κ2) is 5.26. The van der Waals surface area contributed by atoms with Crippen LogP contribution in [-0.2, 0) is 4.79 Å². The van der Waals surface area contributed by atoms with Crippen LogP contribution in [0.4, 0.5) is 5.69 Å². The van der Waals surface area contributed by atoms with Gasteiger partial charge in [-0.05, 0) is 32.9 Å². The van der Waals surface area contributed by atoms with Crippen molar-refractivity contribution in [2.24, 2.45) is 0 Å². The fraction of sp³-hybridized carbons (Fsp3) is 0.333. The Bertz CT molecular complexity index is 582. The number of benzene rings is 1. The molecule has 0 aliphatic heterocycles. The van der Waals surface area contributed by atoms with Crippen LogP contribution in [0.5, 0.6) is 0 Å². The maximum atomic E-state index is 11.8. The summed E-state index contributed by atoms with van der Waals surface area (Å²) in [6.07, 6.45) is 1.74. The molecule has 0 bridgehead atoms. The highest BCUT2D eigenvalue weighted by atomic mass is 16.2. The topological polar surface area (TPSA) is 54.0 Å². The third kappa shape index (κ3) is 3.68. The molecule has 0 aliphatic carbocycles. The maximum Gasteiger partial charge on any atom is 0.239 e. The molecule has 0 saturated carbocycles. The Hall–Kier alpha value is -2.10. The lowest BCUT2D eigenvalue weighted by Crippen LogP contribution is -2.43. The monoisotopic (exact) mass is 257 g/mol. The van der Waals surface area contributed by atoms with Crippen LogP contribution in [-0.4, -0.2) is 23.0 Å². The molecule has 0 saturated heterocycles. The summed E-state index contributed by atoms with van der Waals surface area (Å²) >= 11 is 0. The molecule has 1 aromatic carbocycles. The number of nitrogens with one attached hydrogen (secondary N) is 2. The molecule has 1 aromatic heterocycles. The van der Waals surface area contributed by atoms with E-state index in [1.807, 2.05) is 51.1 Å². The molecular weight excluding hydrogens is 238 g/mol. The van der Waals surface area contributed by atoms with Crippen LogP contribution >= 0.6 is 0 Å². The van der Waals surface area contributed by atoms with Gasteiger partial charge in [-0.15, -0.1) is 0 Å². The maximum absolute atomic E-state index is 11.8. The number of aromatic nitrogens is 1. The van der Waals surface area contributed by atoms with Gasteiger partial charge in [0.2, 0.25) is 5.91 Å². The van der Waals surface area contributed by atoms with Gasteiger partial charge in [-0.1, -0.05) is 18.2 Å². The van der Waals surface area contributed by atoms with Crippen molar-refractivity contribution in [2.45, 2.75) is 26.3 Å². The molecule has 0 aliphatic rings. The Morgan fingerprint density at radius 2 is 1.95 bits per heavy atom. The van der Waals surface area contributed by atoms with Gasteiger partial charge in [-0.25, -0.2) is 0 Å². The van der Waals surface area contributed by atoms with E-state index in [4.69, 9.17) is 0 Å². The van der Waals surface area contributed by atoms with Crippen molar-refractivity contribution in [3.05, 3.63) is 36.5 Å². The zero-order valence-electron chi connectivity index (χ0n) is 11.5. The molecule has 0 spiro atoms. The van der Waals surface area contributed by atoms with Gasteiger partial charge in [0.25, 0.3) is 0 Å². The first-order valence-electron chi connectivity index (χ1n) is 6.34. The summed E-state index contributed by atoms with van der Waals surface area (Å²) in [7, 11) is 0. The van der Waals surface area contributed by atoms with E-state index < -0.39 is 0 Å². The Morgan fingerprint density at radius 3 is 2.68 bits per heavy atom. The van der Waals surface area contributed by atoms with Gasteiger partial charge in [-0.2, -0.15) is 0 Å². The fourth-order valence-electron chi connectivity index (χ4n) is 1.89. The number of amides is 1. The fourth-order valence-corrected chi connectivity index (χ4v) is 1.89. The van der Waals surface area contributed by atoms with Crippen LogP contribution < -0.4 is 10.6 Å². The summed E-state index contributed by atoms with van der Waals surface area (Å²) in [6, 6.07) is 9.74. The van der Waals surface area contributed by atoms with Gasteiger partial charge < -0.3 is 10.6 Å². The van der Waals surface area contributed by atoms with E-state index in [9.17, 15) is 4.79 Å². The van der Waals surface area contributed by atoms with Crippen molar-refractivity contribution in [3.63, 3.8) is 0 Å². The standard InChI is InChI=1S/C15H19N3O/c1-15(2,3)18-14(19)10-17-13-8-9-16-12-7-5-4-6-11(12)13/h4-9H,10H2,1-3H3,(H,16,17)(H,18,19). The SMILES string of the molecule is CC(C)(C)NC(=O)CNc1ccnc2ccccc12. The lowest BCUT2D eigenvalue weighted by Gasteiger charge is -2.20. The Labute approximate surface area is 113 Å². The predicted octanol–water partition coefficient (Wildman–Crippen LogP) is 2.56. The van der Waals surface area contributed by atoms with E-state index in [0.29, 0.717) is 0 Å². The number of para-hydroxylation sites is 1. The van der Waals surface area contributed by atoms with Gasteiger partial charge in [-0.3, -0.25) is 9.78 Å². The Morgan fingerprint density at radius 1 is 1.21 bits per heavy atom. The molecule has 2 rings (SSSR count). The van der Waals surface area contributed by atoms with E-state index in [1.165, 1.54) is 0 Å². The summed E-state index contributed by atoms with van der Waals surface area (Å²) in [5.74, 6) is -0.0200. The van der Waals surface area contributed by atoms with Gasteiger partial charge in [0.05, 0.1) is 12.1 Å². The van der Waals surface area contributed by atoms with Crippen LogP contribution in [0.3, 0.4) is 0 Å². The summed E-state index contributed by atoms with van der Waals surface area (Å²) < 4.78 is 0. The van der Waals surface area contributed by atoms with Gasteiger partial charge in [0, 0.05) is 22.8 Å². The number of nitrogens with zero attached hydrogens (tertiary/aromatic N) is 1. The number of hydrogen-bond acceptors (Lipinski definition) is 3. The van der Waals surface area contributed by atoms with E-state index in [-0.39, 0.29) is 18.0 Å². The highest BCUT2D eigenvalue weighted by molar-refractivity contribution is 5.92. The molecule has 19 heavy (non-hydrogen) atoms. The number of fused-ring (bicyclic) bond motifs is 1. The first-order valence-corrected chi connectivity index (χ1v) is 6.34. The van der Waals surface area contributed by atoms with E-state index in [2.05, 4.69) is 15.6 Å². The van der Waals surface area contributed by atoms with Crippen LogP contribution in [0.1, 0.15) is 20.8 Å². The zero-order chi connectivity index (χ0) is 13.9. The third-order valence-electron chi connectivity index (χ3n) is 2.60. The highest BCUT2D eigenvalue weighted by Gasteiger charge is 2.13. The van der Waals surface area contributed by atoms with E-state index in [1.54, 1.807) is 6.20 Å². The van der Waals surface area contributed by atoms with Crippen molar-refractivity contribution in [1.82, 2.24) is 10.3 Å². The van der Waals surface area contributed by atoms with Crippen molar-refractivity contribution in [3.8, 4) is 0 Å². The molecule has 0 fully saturated rings. The molecule has 0 radical (unpaired) electrons. The molecule has 0 atom stereocenters. The van der Waals surface area contributed by atoms with Crippen LogP contribution in [0.15, 0.2) is 36.5 Å². The van der Waals surface area contributed by atoms with Gasteiger partial charge in [0.15, 0.2) is 0 Å². The first-order chi connectivity index (χ1) is 8.96. The molecule has 1 heterocycles.